The van der Waals surface area contributed by atoms with Crippen molar-refractivity contribution >= 4 is 12.4 Å². The number of hydrogen-bond donors (Lipinski definition) is 0. The van der Waals surface area contributed by atoms with Crippen LogP contribution in [0.4, 0.5) is 0 Å². The Morgan fingerprint density at radius 1 is 1.17 bits per heavy atom. The Morgan fingerprint density at radius 3 is 1.33 bits per heavy atom. The van der Waals surface area contributed by atoms with Gasteiger partial charge < -0.3 is 6.42 Å². The zero-order chi connectivity index (χ0) is 2.83. The second-order valence-corrected chi connectivity index (χ2v) is 1.22. The van der Waals surface area contributed by atoms with Crippen molar-refractivity contribution in [2.45, 2.75) is 19.3 Å². The van der Waals surface area contributed by atoms with Crippen molar-refractivity contribution in [3.63, 3.8) is 0 Å². The van der Waals surface area contributed by atoms with Crippen molar-refractivity contribution in [1.29, 1.82) is 0 Å². The van der Waals surface area contributed by atoms with Gasteiger partial charge in [0.2, 0.25) is 0 Å². The van der Waals surface area contributed by atoms with E-state index >= 15 is 0 Å². The van der Waals surface area contributed by atoms with Gasteiger partial charge in [0.1, 0.15) is 0 Å². The molecule has 2 heteroatoms. The summed E-state index contributed by atoms with van der Waals surface area (Å²) in [6, 6.07) is 0. The van der Waals surface area contributed by atoms with Crippen LogP contribution in [0.1, 0.15) is 19.3 Å². The summed E-state index contributed by atoms with van der Waals surface area (Å²) in [5, 5.41) is 0. The van der Waals surface area contributed by atoms with Gasteiger partial charge in [-0.3, -0.25) is 0 Å². The largest absolute Gasteiger partial charge is 0.329 e. The summed E-state index contributed by atoms with van der Waals surface area (Å²) in [7, 11) is 0. The van der Waals surface area contributed by atoms with Crippen molar-refractivity contribution in [2.24, 2.45) is 0 Å². The van der Waals surface area contributed by atoms with Crippen LogP contribution in [-0.2, 0) is 26.2 Å². The van der Waals surface area contributed by atoms with Crippen LogP contribution in [0.3, 0.4) is 0 Å². The Kier molecular flexibility index (Phi) is 10.5. The molecular weight excluding hydrogens is 175 g/mol. The summed E-state index contributed by atoms with van der Waals surface area (Å²) >= 11 is 0. The first-order chi connectivity index (χ1) is 2.00. The maximum absolute atomic E-state index is 2.31. The van der Waals surface area contributed by atoms with Crippen LogP contribution in [0.5, 0.6) is 0 Å². The molecule has 0 radical (unpaired) electrons. The van der Waals surface area contributed by atoms with E-state index in [-0.39, 0.29) is 38.6 Å². The zero-order valence-corrected chi connectivity index (χ0v) is 6.88. The molecule has 1 aliphatic carbocycles. The van der Waals surface area contributed by atoms with E-state index in [1.54, 1.807) is 0 Å². The van der Waals surface area contributed by atoms with Crippen LogP contribution in [0, 0.1) is 6.42 Å². The van der Waals surface area contributed by atoms with Crippen molar-refractivity contribution in [3.05, 3.63) is 6.42 Å². The molecule has 0 heterocycles. The third kappa shape index (κ3) is 3.37. The van der Waals surface area contributed by atoms with Crippen LogP contribution in [0.15, 0.2) is 0 Å². The number of hydrogen-bond acceptors (Lipinski definition) is 0. The van der Waals surface area contributed by atoms with Crippen LogP contribution >= 0.6 is 12.4 Å². The van der Waals surface area contributed by atoms with Crippen molar-refractivity contribution in [2.75, 3.05) is 0 Å². The Bertz CT molecular complexity index is 15.5. The average Bonchev–Trinajstić information content (AvgIpc) is 0.722. The van der Waals surface area contributed by atoms with Crippen molar-refractivity contribution in [1.82, 2.24) is 0 Å². The first-order valence-corrected chi connectivity index (χ1v) is 1.82. The molecule has 36 valence electrons. The fourth-order valence-corrected chi connectivity index (χ4v) is 0.204. The van der Waals surface area contributed by atoms with Gasteiger partial charge in [-0.25, -0.2) is 0 Å². The molecular formula is C4H8ClZr-. The molecule has 0 nitrogen and oxygen atoms in total. The molecule has 1 aliphatic rings. The number of rotatable bonds is 0. The predicted octanol–water partition coefficient (Wildman–Crippen LogP) is 1.79. The molecule has 0 amide bonds. The van der Waals surface area contributed by atoms with Crippen molar-refractivity contribution in [3.8, 4) is 0 Å². The van der Waals surface area contributed by atoms with Gasteiger partial charge in [-0.15, -0.1) is 18.8 Å². The summed E-state index contributed by atoms with van der Waals surface area (Å²) < 4.78 is 0. The molecule has 0 aromatic heterocycles. The minimum atomic E-state index is 0. The summed E-state index contributed by atoms with van der Waals surface area (Å²) in [6.45, 7) is 0. The molecule has 0 atom stereocenters. The third-order valence-electron chi connectivity index (χ3n) is 0.816. The third-order valence-corrected chi connectivity index (χ3v) is 0.816. The smallest absolute Gasteiger partial charge is 0 e. The Balaban J connectivity index is 0. The van der Waals surface area contributed by atoms with Crippen molar-refractivity contribution < 1.29 is 26.2 Å². The summed E-state index contributed by atoms with van der Waals surface area (Å²) in [5.41, 5.74) is 0. The molecule has 1 saturated carbocycles. The Hall–Kier alpha value is 1.17. The van der Waals surface area contributed by atoms with Gasteiger partial charge in [0, 0.05) is 26.2 Å². The summed E-state index contributed by atoms with van der Waals surface area (Å²) in [4.78, 5) is 0. The SMILES string of the molecule is Cl.[CH-]1CCC1.[Zr]. The molecule has 0 bridgehead atoms. The fraction of sp³-hybridized carbons (Fsp3) is 0.750. The standard InChI is InChI=1S/C4H7.ClH.Zr/c1-2-4-3-1;;/h1H,2-4H2;1H;/q-1;;. The molecule has 0 aromatic carbocycles. The topological polar surface area (TPSA) is 0 Å². The van der Waals surface area contributed by atoms with Gasteiger partial charge in [0.25, 0.3) is 0 Å². The van der Waals surface area contributed by atoms with E-state index in [4.69, 9.17) is 0 Å². The van der Waals surface area contributed by atoms with E-state index in [0.29, 0.717) is 0 Å². The van der Waals surface area contributed by atoms with Crippen LogP contribution in [0.25, 0.3) is 0 Å². The van der Waals surface area contributed by atoms with Crippen LogP contribution < -0.4 is 0 Å². The Morgan fingerprint density at radius 2 is 1.33 bits per heavy atom. The molecule has 0 saturated heterocycles. The number of halogens is 1. The quantitative estimate of drug-likeness (QED) is 0.502. The maximum atomic E-state index is 2.31. The molecule has 0 unspecified atom stereocenters. The molecule has 0 aliphatic heterocycles. The molecule has 6 heavy (non-hydrogen) atoms. The first kappa shape index (κ1) is 10.2. The molecule has 0 N–H and O–H groups in total. The zero-order valence-electron chi connectivity index (χ0n) is 3.61. The van der Waals surface area contributed by atoms with Crippen LogP contribution in [-0.4, -0.2) is 0 Å². The normalized spacial score (nSPS) is 16.0. The van der Waals surface area contributed by atoms with E-state index in [1.165, 1.54) is 19.3 Å². The van der Waals surface area contributed by atoms with E-state index in [9.17, 15) is 0 Å². The van der Waals surface area contributed by atoms with E-state index < -0.39 is 0 Å². The fourth-order valence-electron chi connectivity index (χ4n) is 0.204. The van der Waals surface area contributed by atoms with Gasteiger partial charge in [0.15, 0.2) is 0 Å². The second kappa shape index (κ2) is 6.17. The predicted molar refractivity (Wildman–Crippen MR) is 25.4 cm³/mol. The molecule has 0 aromatic rings. The minimum absolute atomic E-state index is 0. The van der Waals surface area contributed by atoms with Gasteiger partial charge in [-0.2, -0.15) is 12.8 Å². The van der Waals surface area contributed by atoms with E-state index in [1.807, 2.05) is 0 Å². The summed E-state index contributed by atoms with van der Waals surface area (Å²) in [6.07, 6.45) is 6.50. The molecule has 1 fully saturated rings. The molecule has 0 spiro atoms. The van der Waals surface area contributed by atoms with Gasteiger partial charge in [0.05, 0.1) is 0 Å². The minimum Gasteiger partial charge on any atom is -0.329 e. The molecule has 1 rings (SSSR count). The second-order valence-electron chi connectivity index (χ2n) is 1.22. The average molecular weight is 183 g/mol. The van der Waals surface area contributed by atoms with Gasteiger partial charge in [-0.1, -0.05) is 0 Å². The van der Waals surface area contributed by atoms with Crippen LogP contribution in [0.2, 0.25) is 0 Å². The summed E-state index contributed by atoms with van der Waals surface area (Å²) in [5.74, 6) is 0. The van der Waals surface area contributed by atoms with Gasteiger partial charge >= 0.3 is 0 Å². The van der Waals surface area contributed by atoms with E-state index in [0.717, 1.165) is 0 Å². The maximum Gasteiger partial charge on any atom is 0 e. The first-order valence-electron chi connectivity index (χ1n) is 1.82. The van der Waals surface area contributed by atoms with E-state index in [2.05, 4.69) is 6.42 Å². The van der Waals surface area contributed by atoms with Gasteiger partial charge in [-0.05, 0) is 0 Å². The monoisotopic (exact) mass is 181 g/mol. The Labute approximate surface area is 64.2 Å².